The fraction of sp³-hybridized carbons (Fsp3) is 0.273. The van der Waals surface area contributed by atoms with Gasteiger partial charge in [0.1, 0.15) is 0 Å². The smallest absolute Gasteiger partial charge is 0.251 e. The molecule has 1 aromatic rings. The molecule has 0 heterocycles. The maximum Gasteiger partial charge on any atom is 0.251 e. The standard InChI is InChI=1S/C11H12Cl2N2OS/c1-6(2-10(14)17)15-11(16)7-3-8(12)5-9(13)4-7/h3-6H,2H2,1H3,(H2,14,17)(H,15,16). The van der Waals surface area contributed by atoms with Gasteiger partial charge in [-0.3, -0.25) is 4.79 Å². The molecule has 0 spiro atoms. The van der Waals surface area contributed by atoms with Crippen molar-refractivity contribution >= 4 is 46.3 Å². The van der Waals surface area contributed by atoms with Crippen molar-refractivity contribution in [1.29, 1.82) is 0 Å². The quantitative estimate of drug-likeness (QED) is 0.839. The highest BCUT2D eigenvalue weighted by molar-refractivity contribution is 7.80. The number of amides is 1. The normalized spacial score (nSPS) is 11.9. The summed E-state index contributed by atoms with van der Waals surface area (Å²) in [6, 6.07) is 4.54. The molecule has 3 N–H and O–H groups in total. The van der Waals surface area contributed by atoms with Crippen LogP contribution in [-0.4, -0.2) is 16.9 Å². The maximum atomic E-state index is 11.8. The molecule has 0 aromatic heterocycles. The van der Waals surface area contributed by atoms with Crippen LogP contribution in [0.3, 0.4) is 0 Å². The van der Waals surface area contributed by atoms with Crippen LogP contribution in [0.2, 0.25) is 10.0 Å². The monoisotopic (exact) mass is 290 g/mol. The van der Waals surface area contributed by atoms with Crippen LogP contribution < -0.4 is 11.1 Å². The van der Waals surface area contributed by atoms with E-state index in [0.29, 0.717) is 27.0 Å². The summed E-state index contributed by atoms with van der Waals surface area (Å²) in [5, 5.41) is 3.60. The van der Waals surface area contributed by atoms with Crippen LogP contribution in [-0.2, 0) is 0 Å². The van der Waals surface area contributed by atoms with Crippen molar-refractivity contribution in [2.24, 2.45) is 5.73 Å². The van der Waals surface area contributed by atoms with Crippen molar-refractivity contribution < 1.29 is 4.79 Å². The minimum Gasteiger partial charge on any atom is -0.393 e. The van der Waals surface area contributed by atoms with Crippen LogP contribution >= 0.6 is 35.4 Å². The largest absolute Gasteiger partial charge is 0.393 e. The summed E-state index contributed by atoms with van der Waals surface area (Å²) in [5.41, 5.74) is 5.81. The molecule has 1 aromatic carbocycles. The van der Waals surface area contributed by atoms with Crippen LogP contribution in [0.1, 0.15) is 23.7 Å². The zero-order chi connectivity index (χ0) is 13.0. The molecule has 1 atom stereocenters. The Balaban J connectivity index is 2.72. The third-order valence-electron chi connectivity index (χ3n) is 2.01. The Morgan fingerprint density at radius 2 is 1.94 bits per heavy atom. The molecule has 3 nitrogen and oxygen atoms in total. The van der Waals surface area contributed by atoms with Crippen molar-refractivity contribution in [3.05, 3.63) is 33.8 Å². The minimum absolute atomic E-state index is 0.127. The van der Waals surface area contributed by atoms with Crippen molar-refractivity contribution in [3.8, 4) is 0 Å². The second-order valence-corrected chi connectivity index (χ2v) is 5.10. The van der Waals surface area contributed by atoms with E-state index in [0.717, 1.165) is 0 Å². The molecule has 1 unspecified atom stereocenters. The van der Waals surface area contributed by atoms with Gasteiger partial charge < -0.3 is 11.1 Å². The van der Waals surface area contributed by atoms with E-state index in [4.69, 9.17) is 41.2 Å². The number of hydrogen-bond acceptors (Lipinski definition) is 2. The molecule has 17 heavy (non-hydrogen) atoms. The lowest BCUT2D eigenvalue weighted by molar-refractivity contribution is 0.0941. The number of carbonyl (C=O) groups excluding carboxylic acids is 1. The number of hydrogen-bond donors (Lipinski definition) is 2. The number of benzene rings is 1. The summed E-state index contributed by atoms with van der Waals surface area (Å²) in [6.45, 7) is 1.82. The van der Waals surface area contributed by atoms with Crippen LogP contribution in [0.15, 0.2) is 18.2 Å². The van der Waals surface area contributed by atoms with Crippen molar-refractivity contribution in [3.63, 3.8) is 0 Å². The van der Waals surface area contributed by atoms with Gasteiger partial charge in [-0.05, 0) is 25.1 Å². The summed E-state index contributed by atoms with van der Waals surface area (Å²) in [4.78, 5) is 12.2. The summed E-state index contributed by atoms with van der Waals surface area (Å²) in [5.74, 6) is -0.252. The summed E-state index contributed by atoms with van der Waals surface area (Å²) in [6.07, 6.45) is 0.454. The van der Waals surface area contributed by atoms with E-state index in [1.54, 1.807) is 18.2 Å². The van der Waals surface area contributed by atoms with Gasteiger partial charge in [-0.15, -0.1) is 0 Å². The Kier molecular flexibility index (Phi) is 5.18. The average Bonchev–Trinajstić information content (AvgIpc) is 2.14. The predicted molar refractivity (Wildman–Crippen MR) is 74.8 cm³/mol. The molecular weight excluding hydrogens is 279 g/mol. The van der Waals surface area contributed by atoms with E-state index in [1.807, 2.05) is 6.92 Å². The van der Waals surface area contributed by atoms with E-state index in [2.05, 4.69) is 5.32 Å². The number of nitrogens with two attached hydrogens (primary N) is 1. The molecule has 1 amide bonds. The summed E-state index contributed by atoms with van der Waals surface area (Å²) < 4.78 is 0. The lowest BCUT2D eigenvalue weighted by Crippen LogP contribution is -2.35. The topological polar surface area (TPSA) is 55.1 Å². The van der Waals surface area contributed by atoms with Gasteiger partial charge in [-0.2, -0.15) is 0 Å². The summed E-state index contributed by atoms with van der Waals surface area (Å²) in [7, 11) is 0. The van der Waals surface area contributed by atoms with Gasteiger partial charge >= 0.3 is 0 Å². The van der Waals surface area contributed by atoms with E-state index in [9.17, 15) is 4.79 Å². The van der Waals surface area contributed by atoms with Crippen molar-refractivity contribution in [2.75, 3.05) is 0 Å². The lowest BCUT2D eigenvalue weighted by atomic mass is 10.2. The minimum atomic E-state index is -0.252. The first-order valence-corrected chi connectivity index (χ1v) is 6.10. The van der Waals surface area contributed by atoms with Crippen molar-refractivity contribution in [2.45, 2.75) is 19.4 Å². The Hall–Kier alpha value is -0.840. The van der Waals surface area contributed by atoms with Gasteiger partial charge in [0.25, 0.3) is 5.91 Å². The van der Waals surface area contributed by atoms with Gasteiger partial charge in [0.05, 0.1) is 4.99 Å². The second kappa shape index (κ2) is 6.19. The van der Waals surface area contributed by atoms with Gasteiger partial charge in [0, 0.05) is 28.1 Å². The van der Waals surface area contributed by atoms with E-state index in [1.165, 1.54) is 0 Å². The third-order valence-corrected chi connectivity index (χ3v) is 2.61. The Labute approximate surface area is 115 Å². The third kappa shape index (κ3) is 4.89. The molecule has 0 bridgehead atoms. The van der Waals surface area contributed by atoms with Crippen LogP contribution in [0, 0.1) is 0 Å². The Bertz CT molecular complexity index is 431. The number of carbonyl (C=O) groups is 1. The zero-order valence-corrected chi connectivity index (χ0v) is 11.5. The number of nitrogens with one attached hydrogen (secondary N) is 1. The Morgan fingerprint density at radius 3 is 2.41 bits per heavy atom. The molecule has 6 heteroatoms. The second-order valence-electron chi connectivity index (χ2n) is 3.70. The zero-order valence-electron chi connectivity index (χ0n) is 9.17. The Morgan fingerprint density at radius 1 is 1.41 bits per heavy atom. The van der Waals surface area contributed by atoms with E-state index < -0.39 is 0 Å². The number of thiocarbonyl (C=S) groups is 1. The maximum absolute atomic E-state index is 11.8. The molecule has 0 fully saturated rings. The first-order chi connectivity index (χ1) is 7.88. The molecule has 0 saturated heterocycles. The van der Waals surface area contributed by atoms with E-state index >= 15 is 0 Å². The van der Waals surface area contributed by atoms with Gasteiger partial charge in [-0.25, -0.2) is 0 Å². The van der Waals surface area contributed by atoms with Gasteiger partial charge in [0.2, 0.25) is 0 Å². The van der Waals surface area contributed by atoms with Crippen LogP contribution in [0.25, 0.3) is 0 Å². The number of halogens is 2. The predicted octanol–water partition coefficient (Wildman–Crippen LogP) is 2.79. The van der Waals surface area contributed by atoms with Crippen LogP contribution in [0.4, 0.5) is 0 Å². The average molecular weight is 291 g/mol. The van der Waals surface area contributed by atoms with Gasteiger partial charge in [-0.1, -0.05) is 35.4 Å². The first kappa shape index (κ1) is 14.2. The first-order valence-electron chi connectivity index (χ1n) is 4.93. The van der Waals surface area contributed by atoms with E-state index in [-0.39, 0.29) is 11.9 Å². The number of rotatable bonds is 4. The summed E-state index contributed by atoms with van der Waals surface area (Å²) >= 11 is 16.4. The fourth-order valence-corrected chi connectivity index (χ4v) is 2.12. The lowest BCUT2D eigenvalue weighted by Gasteiger charge is -2.13. The molecule has 1 rings (SSSR count). The molecule has 0 aliphatic carbocycles. The fourth-order valence-electron chi connectivity index (χ4n) is 1.34. The van der Waals surface area contributed by atoms with Gasteiger partial charge in [0.15, 0.2) is 0 Å². The molecular formula is C11H12Cl2N2OS. The molecule has 0 aliphatic rings. The highest BCUT2D eigenvalue weighted by Crippen LogP contribution is 2.19. The molecule has 92 valence electrons. The van der Waals surface area contributed by atoms with Crippen molar-refractivity contribution in [1.82, 2.24) is 5.32 Å². The highest BCUT2D eigenvalue weighted by Gasteiger charge is 2.11. The van der Waals surface area contributed by atoms with Crippen LogP contribution in [0.5, 0.6) is 0 Å². The molecule has 0 radical (unpaired) electrons. The highest BCUT2D eigenvalue weighted by atomic mass is 35.5. The SMILES string of the molecule is CC(CC(N)=S)NC(=O)c1cc(Cl)cc(Cl)c1. The molecule has 0 saturated carbocycles. The molecule has 0 aliphatic heterocycles.